The first-order valence-electron chi connectivity index (χ1n) is 15.2. The van der Waals surface area contributed by atoms with Gasteiger partial charge in [-0.25, -0.2) is 14.6 Å². The summed E-state index contributed by atoms with van der Waals surface area (Å²) in [6.45, 7) is 7.25. The van der Waals surface area contributed by atoms with Gasteiger partial charge in [-0.3, -0.25) is 15.0 Å². The van der Waals surface area contributed by atoms with E-state index in [1.165, 1.54) is 7.11 Å². The van der Waals surface area contributed by atoms with Crippen molar-refractivity contribution in [2.75, 3.05) is 20.3 Å². The minimum atomic E-state index is -1.23. The summed E-state index contributed by atoms with van der Waals surface area (Å²) in [7, 11) is 1.26. The average Bonchev–Trinajstić information content (AvgIpc) is 3.35. The van der Waals surface area contributed by atoms with Gasteiger partial charge in [0.1, 0.15) is 12.6 Å². The van der Waals surface area contributed by atoms with E-state index in [1.807, 2.05) is 87.5 Å². The molecule has 1 aliphatic carbocycles. The molecule has 0 heterocycles. The van der Waals surface area contributed by atoms with Gasteiger partial charge in [-0.1, -0.05) is 78.9 Å². The van der Waals surface area contributed by atoms with Gasteiger partial charge in [0.25, 0.3) is 5.91 Å². The lowest BCUT2D eigenvalue weighted by atomic mass is 9.98. The van der Waals surface area contributed by atoms with Crippen LogP contribution < -0.4 is 16.1 Å². The summed E-state index contributed by atoms with van der Waals surface area (Å²) in [5.74, 6) is -1.34. The van der Waals surface area contributed by atoms with Crippen LogP contribution in [-0.2, 0) is 30.3 Å². The minimum Gasteiger partial charge on any atom is -0.469 e. The van der Waals surface area contributed by atoms with Crippen LogP contribution in [0.5, 0.6) is 0 Å². The van der Waals surface area contributed by atoms with E-state index < -0.39 is 41.7 Å². The van der Waals surface area contributed by atoms with E-state index in [1.54, 1.807) is 19.1 Å². The average molecular weight is 631 g/mol. The lowest BCUT2D eigenvalue weighted by Crippen LogP contribution is -2.59. The molecule has 2 atom stereocenters. The summed E-state index contributed by atoms with van der Waals surface area (Å²) in [6, 6.07) is 23.2. The number of ether oxygens (including phenoxy) is 3. The second-order valence-electron chi connectivity index (χ2n) is 12.0. The molecule has 0 fully saturated rings. The maximum absolute atomic E-state index is 13.8. The van der Waals surface area contributed by atoms with E-state index >= 15 is 0 Å². The van der Waals surface area contributed by atoms with Crippen molar-refractivity contribution in [1.82, 2.24) is 21.1 Å². The Labute approximate surface area is 269 Å². The van der Waals surface area contributed by atoms with Gasteiger partial charge in [0, 0.05) is 12.5 Å². The molecule has 0 unspecified atom stereocenters. The number of rotatable bonds is 11. The third-order valence-corrected chi connectivity index (χ3v) is 7.42. The molecular formula is C35H42N4O7. The largest absolute Gasteiger partial charge is 0.469 e. The van der Waals surface area contributed by atoms with E-state index in [2.05, 4.69) is 20.8 Å². The van der Waals surface area contributed by atoms with Crippen LogP contribution in [0.2, 0.25) is 0 Å². The first-order valence-corrected chi connectivity index (χ1v) is 15.2. The summed E-state index contributed by atoms with van der Waals surface area (Å²) in [4.78, 5) is 51.7. The van der Waals surface area contributed by atoms with Crippen LogP contribution in [-0.4, -0.2) is 67.0 Å². The first-order chi connectivity index (χ1) is 22.0. The Balaban J connectivity index is 1.48. The molecule has 11 nitrogen and oxygen atoms in total. The summed E-state index contributed by atoms with van der Waals surface area (Å²) in [6.07, 6.45) is -1.65. The van der Waals surface area contributed by atoms with E-state index in [-0.39, 0.29) is 32.0 Å². The van der Waals surface area contributed by atoms with Crippen LogP contribution in [0, 0.1) is 0 Å². The van der Waals surface area contributed by atoms with Crippen molar-refractivity contribution in [1.29, 1.82) is 0 Å². The molecule has 3 aromatic rings. The summed E-state index contributed by atoms with van der Waals surface area (Å²) in [5, 5.41) is 6.37. The van der Waals surface area contributed by atoms with E-state index in [4.69, 9.17) is 9.47 Å². The summed E-state index contributed by atoms with van der Waals surface area (Å²) < 4.78 is 16.4. The number of hydrogen-bond donors (Lipinski definition) is 3. The van der Waals surface area contributed by atoms with Gasteiger partial charge in [0.05, 0.1) is 31.8 Å². The molecule has 0 saturated carbocycles. The fraction of sp³-hybridized carbons (Fsp3) is 0.371. The quantitative estimate of drug-likeness (QED) is 0.203. The highest BCUT2D eigenvalue weighted by Gasteiger charge is 2.34. The van der Waals surface area contributed by atoms with Crippen LogP contribution in [0.15, 0.2) is 78.9 Å². The van der Waals surface area contributed by atoms with Crippen molar-refractivity contribution in [2.45, 2.75) is 64.3 Å². The molecular weight excluding hydrogens is 588 g/mol. The third-order valence-electron chi connectivity index (χ3n) is 7.42. The number of nitrogens with zero attached hydrogens (tertiary/aromatic N) is 1. The Morgan fingerprint density at radius 2 is 1.46 bits per heavy atom. The van der Waals surface area contributed by atoms with Crippen LogP contribution in [0.4, 0.5) is 9.59 Å². The molecule has 4 amide bonds. The molecule has 4 rings (SSSR count). The molecule has 1 aliphatic rings. The number of fused-ring (bicyclic) bond motifs is 3. The van der Waals surface area contributed by atoms with Crippen molar-refractivity contribution in [3.63, 3.8) is 0 Å². The Bertz CT molecular complexity index is 1480. The number of benzene rings is 3. The van der Waals surface area contributed by atoms with Gasteiger partial charge in [-0.2, -0.15) is 0 Å². The standard InChI is InChI=1S/C35H42N4O7/c1-23(46-35(2,3)4)31(32(41)38-39(21-24-13-7-6-8-14-24)33(42)36-20-19-30(40)44-5)37-34(43)45-22-29-27-17-11-9-15-25(27)26-16-10-12-18-28(26)29/h6-18,23,29,31H,19-22H2,1-5H3,(H,36,42)(H,37,43)(H,38,41)/t23-,31+/m1/s1. The highest BCUT2D eigenvalue weighted by molar-refractivity contribution is 5.88. The number of hydrogen-bond acceptors (Lipinski definition) is 7. The molecule has 0 bridgehead atoms. The molecule has 0 saturated heterocycles. The highest BCUT2D eigenvalue weighted by Crippen LogP contribution is 2.44. The Morgan fingerprint density at radius 3 is 2.04 bits per heavy atom. The molecule has 0 radical (unpaired) electrons. The maximum Gasteiger partial charge on any atom is 0.407 e. The van der Waals surface area contributed by atoms with E-state index in [9.17, 15) is 19.2 Å². The van der Waals surface area contributed by atoms with Crippen LogP contribution in [0.25, 0.3) is 11.1 Å². The van der Waals surface area contributed by atoms with Gasteiger partial charge in [0.2, 0.25) is 0 Å². The summed E-state index contributed by atoms with van der Waals surface area (Å²) >= 11 is 0. The van der Waals surface area contributed by atoms with Crippen LogP contribution in [0.1, 0.15) is 56.7 Å². The number of hydrazine groups is 1. The zero-order valence-electron chi connectivity index (χ0n) is 26.9. The van der Waals surface area contributed by atoms with Gasteiger partial charge in [-0.15, -0.1) is 0 Å². The molecule has 11 heteroatoms. The second-order valence-corrected chi connectivity index (χ2v) is 12.0. The number of alkyl carbamates (subject to hydrolysis) is 1. The lowest BCUT2D eigenvalue weighted by Gasteiger charge is -2.32. The SMILES string of the molecule is COC(=O)CCNC(=O)N(Cc1ccccc1)NC(=O)[C@@H](NC(=O)OCC1c2ccccc2-c2ccccc21)[C@@H](C)OC(C)(C)C. The molecule has 0 aliphatic heterocycles. The minimum absolute atomic E-state index is 0.00235. The molecule has 0 spiro atoms. The van der Waals surface area contributed by atoms with Crippen molar-refractivity contribution in [3.05, 3.63) is 95.6 Å². The van der Waals surface area contributed by atoms with Gasteiger partial charge < -0.3 is 24.8 Å². The van der Waals surface area contributed by atoms with Crippen molar-refractivity contribution in [2.24, 2.45) is 0 Å². The predicted octanol–water partition coefficient (Wildman–Crippen LogP) is 4.90. The maximum atomic E-state index is 13.8. The number of esters is 1. The molecule has 3 N–H and O–H groups in total. The van der Waals surface area contributed by atoms with Crippen LogP contribution >= 0.6 is 0 Å². The van der Waals surface area contributed by atoms with E-state index in [0.29, 0.717) is 0 Å². The number of carbonyl (C=O) groups is 4. The molecule has 3 aromatic carbocycles. The number of methoxy groups -OCH3 is 1. The van der Waals surface area contributed by atoms with Crippen molar-refractivity contribution < 1.29 is 33.4 Å². The fourth-order valence-corrected chi connectivity index (χ4v) is 5.39. The number of carbonyl (C=O) groups excluding carboxylic acids is 4. The van der Waals surface area contributed by atoms with Gasteiger partial charge >= 0.3 is 18.1 Å². The second kappa shape index (κ2) is 15.4. The third kappa shape index (κ3) is 9.07. The summed E-state index contributed by atoms with van der Waals surface area (Å²) in [5.41, 5.74) is 7.04. The Morgan fingerprint density at radius 1 is 0.870 bits per heavy atom. The first kappa shape index (κ1) is 34.0. The zero-order valence-corrected chi connectivity index (χ0v) is 26.9. The van der Waals surface area contributed by atoms with Crippen molar-refractivity contribution >= 4 is 24.0 Å². The normalized spacial score (nSPS) is 13.4. The topological polar surface area (TPSA) is 135 Å². The van der Waals surface area contributed by atoms with Crippen molar-refractivity contribution in [3.8, 4) is 11.1 Å². The Hall–Kier alpha value is -4.90. The monoisotopic (exact) mass is 630 g/mol. The highest BCUT2D eigenvalue weighted by atomic mass is 16.6. The number of amides is 4. The van der Waals surface area contributed by atoms with Gasteiger partial charge in [-0.05, 0) is 55.5 Å². The molecule has 46 heavy (non-hydrogen) atoms. The lowest BCUT2D eigenvalue weighted by molar-refractivity contribution is -0.140. The zero-order chi connectivity index (χ0) is 33.3. The molecule has 244 valence electrons. The Kier molecular flexibility index (Phi) is 11.4. The van der Waals surface area contributed by atoms with Crippen LogP contribution in [0.3, 0.4) is 0 Å². The molecule has 0 aromatic heterocycles. The van der Waals surface area contributed by atoms with Gasteiger partial charge in [0.15, 0.2) is 0 Å². The number of nitrogens with one attached hydrogen (secondary N) is 3. The fourth-order valence-electron chi connectivity index (χ4n) is 5.39. The predicted molar refractivity (Wildman–Crippen MR) is 172 cm³/mol. The number of urea groups is 1. The smallest absolute Gasteiger partial charge is 0.407 e. The van der Waals surface area contributed by atoms with E-state index in [0.717, 1.165) is 32.8 Å².